The highest BCUT2D eigenvalue weighted by molar-refractivity contribution is 5.89. The third-order valence-corrected chi connectivity index (χ3v) is 3.60. The molecule has 0 saturated heterocycles. The van der Waals surface area contributed by atoms with Crippen LogP contribution in [0.5, 0.6) is 0 Å². The molecule has 0 aliphatic heterocycles. The molecule has 0 spiro atoms. The Hall–Kier alpha value is -2.78. The molecular formula is C18H22N4O2. The van der Waals surface area contributed by atoms with Crippen LogP contribution in [-0.2, 0) is 5.54 Å². The molecule has 6 nitrogen and oxygen atoms in total. The number of carbonyl (C=O) groups is 1. The average Bonchev–Trinajstić information content (AvgIpc) is 2.96. The smallest absolute Gasteiger partial charge is 0.320 e. The maximum Gasteiger partial charge on any atom is 0.320 e. The van der Waals surface area contributed by atoms with E-state index < -0.39 is 12.1 Å². The van der Waals surface area contributed by atoms with Crippen molar-refractivity contribution < 1.29 is 9.90 Å². The predicted molar refractivity (Wildman–Crippen MR) is 92.6 cm³/mol. The highest BCUT2D eigenvalue weighted by atomic mass is 16.3. The molecule has 24 heavy (non-hydrogen) atoms. The molecule has 1 aromatic carbocycles. The zero-order valence-electron chi connectivity index (χ0n) is 14.1. The summed E-state index contributed by atoms with van der Waals surface area (Å²) in [4.78, 5) is 12.3. The van der Waals surface area contributed by atoms with Gasteiger partial charge in [-0.2, -0.15) is 5.26 Å². The molecule has 6 heteroatoms. The first-order valence-corrected chi connectivity index (χ1v) is 7.71. The van der Waals surface area contributed by atoms with Crippen molar-refractivity contribution in [2.24, 2.45) is 0 Å². The second kappa shape index (κ2) is 7.20. The molecule has 2 rings (SSSR count). The van der Waals surface area contributed by atoms with E-state index >= 15 is 0 Å². The molecule has 3 N–H and O–H groups in total. The fourth-order valence-electron chi connectivity index (χ4n) is 2.41. The fraction of sp³-hybridized carbons (Fsp3) is 0.333. The highest BCUT2D eigenvalue weighted by Gasteiger charge is 2.20. The number of urea groups is 1. The Balaban J connectivity index is 2.15. The van der Waals surface area contributed by atoms with Crippen molar-refractivity contribution >= 4 is 11.8 Å². The molecule has 0 unspecified atom stereocenters. The summed E-state index contributed by atoms with van der Waals surface area (Å²) in [5, 5.41) is 24.1. The largest absolute Gasteiger partial charge is 0.394 e. The number of benzene rings is 1. The van der Waals surface area contributed by atoms with Gasteiger partial charge < -0.3 is 15.0 Å². The lowest BCUT2D eigenvalue weighted by Gasteiger charge is -2.25. The van der Waals surface area contributed by atoms with E-state index in [9.17, 15) is 9.90 Å². The van der Waals surface area contributed by atoms with Crippen molar-refractivity contribution in [3.8, 4) is 6.07 Å². The van der Waals surface area contributed by atoms with Gasteiger partial charge in [-0.15, -0.1) is 0 Å². The van der Waals surface area contributed by atoms with Crippen molar-refractivity contribution in [2.45, 2.75) is 32.4 Å². The molecular weight excluding hydrogens is 304 g/mol. The molecule has 0 radical (unpaired) electrons. The summed E-state index contributed by atoms with van der Waals surface area (Å²) in [5.74, 6) is 0.529. The number of anilines is 1. The third-order valence-electron chi connectivity index (χ3n) is 3.60. The maximum absolute atomic E-state index is 12.3. The van der Waals surface area contributed by atoms with Gasteiger partial charge in [0.15, 0.2) is 0 Å². The van der Waals surface area contributed by atoms with Crippen LogP contribution in [0.2, 0.25) is 0 Å². The predicted octanol–water partition coefficient (Wildman–Crippen LogP) is 2.97. The summed E-state index contributed by atoms with van der Waals surface area (Å²) in [6.07, 6.45) is 1.70. The summed E-state index contributed by atoms with van der Waals surface area (Å²) in [7, 11) is 0. The van der Waals surface area contributed by atoms with E-state index in [1.807, 2.05) is 55.7 Å². The number of aliphatic hydroxyl groups excluding tert-OH is 1. The van der Waals surface area contributed by atoms with Gasteiger partial charge >= 0.3 is 6.03 Å². The molecule has 1 atom stereocenters. The SMILES string of the molecule is CC(C)(C)n1cc(C#N)cc1NC(=O)N[C@@H](CO)c1ccccc1. The quantitative estimate of drug-likeness (QED) is 0.807. The van der Waals surface area contributed by atoms with Gasteiger partial charge in [-0.05, 0) is 32.4 Å². The van der Waals surface area contributed by atoms with E-state index in [0.29, 0.717) is 11.4 Å². The molecule has 2 amide bonds. The third kappa shape index (κ3) is 4.15. The molecule has 0 aliphatic carbocycles. The number of hydrogen-bond donors (Lipinski definition) is 3. The maximum atomic E-state index is 12.3. The number of aromatic nitrogens is 1. The lowest BCUT2D eigenvalue weighted by molar-refractivity contribution is 0.225. The van der Waals surface area contributed by atoms with E-state index in [1.54, 1.807) is 12.3 Å². The number of amides is 2. The summed E-state index contributed by atoms with van der Waals surface area (Å²) in [5.41, 5.74) is 1.01. The van der Waals surface area contributed by atoms with E-state index in [4.69, 9.17) is 5.26 Å². The first-order chi connectivity index (χ1) is 11.3. The van der Waals surface area contributed by atoms with Gasteiger partial charge in [0.2, 0.25) is 0 Å². The summed E-state index contributed by atoms with van der Waals surface area (Å²) >= 11 is 0. The molecule has 0 saturated carbocycles. The van der Waals surface area contributed by atoms with Crippen LogP contribution in [0.15, 0.2) is 42.6 Å². The second-order valence-electron chi connectivity index (χ2n) is 6.51. The van der Waals surface area contributed by atoms with Crippen LogP contribution < -0.4 is 10.6 Å². The molecule has 0 aliphatic rings. The van der Waals surface area contributed by atoms with Crippen molar-refractivity contribution in [1.82, 2.24) is 9.88 Å². The molecule has 0 fully saturated rings. The van der Waals surface area contributed by atoms with Crippen LogP contribution in [0.25, 0.3) is 0 Å². The summed E-state index contributed by atoms with van der Waals surface area (Å²) < 4.78 is 1.83. The Kier molecular flexibility index (Phi) is 5.27. The lowest BCUT2D eigenvalue weighted by Crippen LogP contribution is -2.35. The van der Waals surface area contributed by atoms with E-state index in [1.165, 1.54) is 0 Å². The van der Waals surface area contributed by atoms with E-state index in [2.05, 4.69) is 16.7 Å². The van der Waals surface area contributed by atoms with Crippen LogP contribution in [0.4, 0.5) is 10.6 Å². The van der Waals surface area contributed by atoms with Gasteiger partial charge in [-0.25, -0.2) is 4.79 Å². The number of rotatable bonds is 4. The van der Waals surface area contributed by atoms with Crippen LogP contribution >= 0.6 is 0 Å². The second-order valence-corrected chi connectivity index (χ2v) is 6.51. The number of nitriles is 1. The number of carbonyl (C=O) groups excluding carboxylic acids is 1. The van der Waals surface area contributed by atoms with Crippen LogP contribution in [0, 0.1) is 11.3 Å². The Labute approximate surface area is 141 Å². The van der Waals surface area contributed by atoms with Crippen molar-refractivity contribution in [3.05, 3.63) is 53.7 Å². The minimum Gasteiger partial charge on any atom is -0.394 e. The molecule has 1 aromatic heterocycles. The number of nitrogens with zero attached hydrogens (tertiary/aromatic N) is 2. The fourth-order valence-corrected chi connectivity index (χ4v) is 2.41. The molecule has 2 aromatic rings. The van der Waals surface area contributed by atoms with Gasteiger partial charge in [-0.3, -0.25) is 5.32 Å². The molecule has 126 valence electrons. The Bertz CT molecular complexity index is 739. The zero-order valence-corrected chi connectivity index (χ0v) is 14.1. The monoisotopic (exact) mass is 326 g/mol. The molecule has 1 heterocycles. The van der Waals surface area contributed by atoms with Crippen LogP contribution in [0.3, 0.4) is 0 Å². The number of hydrogen-bond acceptors (Lipinski definition) is 3. The van der Waals surface area contributed by atoms with Crippen LogP contribution in [0.1, 0.15) is 37.9 Å². The minimum absolute atomic E-state index is 0.207. The lowest BCUT2D eigenvalue weighted by atomic mass is 10.1. The summed E-state index contributed by atoms with van der Waals surface area (Å²) in [6, 6.07) is 12.0. The highest BCUT2D eigenvalue weighted by Crippen LogP contribution is 2.24. The van der Waals surface area contributed by atoms with Crippen molar-refractivity contribution in [3.63, 3.8) is 0 Å². The normalized spacial score (nSPS) is 12.3. The first-order valence-electron chi connectivity index (χ1n) is 7.71. The first kappa shape index (κ1) is 17.6. The van der Waals surface area contributed by atoms with Gasteiger partial charge in [-0.1, -0.05) is 30.3 Å². The Morgan fingerprint density at radius 3 is 2.54 bits per heavy atom. The summed E-state index contributed by atoms with van der Waals surface area (Å²) in [6.45, 7) is 5.74. The van der Waals surface area contributed by atoms with Gasteiger partial charge in [0, 0.05) is 11.7 Å². The average molecular weight is 326 g/mol. The van der Waals surface area contributed by atoms with Crippen LogP contribution in [-0.4, -0.2) is 22.3 Å². The van der Waals surface area contributed by atoms with E-state index in [0.717, 1.165) is 5.56 Å². The van der Waals surface area contributed by atoms with E-state index in [-0.39, 0.29) is 12.1 Å². The van der Waals surface area contributed by atoms with Crippen molar-refractivity contribution in [1.29, 1.82) is 5.26 Å². The number of aliphatic hydroxyl groups is 1. The van der Waals surface area contributed by atoms with Gasteiger partial charge in [0.05, 0.1) is 18.2 Å². The minimum atomic E-state index is -0.500. The van der Waals surface area contributed by atoms with Crippen molar-refractivity contribution in [2.75, 3.05) is 11.9 Å². The number of nitrogens with one attached hydrogen (secondary N) is 2. The zero-order chi connectivity index (χ0) is 17.7. The Morgan fingerprint density at radius 1 is 1.33 bits per heavy atom. The van der Waals surface area contributed by atoms with Gasteiger partial charge in [0.1, 0.15) is 11.9 Å². The Morgan fingerprint density at radius 2 is 2.00 bits per heavy atom. The standard InChI is InChI=1S/C18H22N4O2/c1-18(2,3)22-11-13(10-19)9-16(22)21-17(24)20-15(12-23)14-7-5-4-6-8-14/h4-9,11,15,23H,12H2,1-3H3,(H2,20,21,24)/t15-/m0/s1. The van der Waals surface area contributed by atoms with Gasteiger partial charge in [0.25, 0.3) is 0 Å². The topological polar surface area (TPSA) is 90.1 Å². The molecule has 0 bridgehead atoms.